The van der Waals surface area contributed by atoms with Gasteiger partial charge < -0.3 is 29.2 Å². The molecule has 2 bridgehead atoms. The van der Waals surface area contributed by atoms with Crippen molar-refractivity contribution in [2.24, 2.45) is 23.7 Å². The Labute approximate surface area is 229 Å². The van der Waals surface area contributed by atoms with Crippen molar-refractivity contribution in [3.05, 3.63) is 84.0 Å². The summed E-state index contributed by atoms with van der Waals surface area (Å²) < 4.78 is 20.9. The van der Waals surface area contributed by atoms with E-state index >= 15 is 0 Å². The van der Waals surface area contributed by atoms with Crippen LogP contribution in [-0.2, 0) is 19.1 Å². The number of carbonyl (C=O) groups excluding carboxylic acids is 4. The number of fused-ring (bicyclic) bond motifs is 1. The molecular formula is C30H28O10. The zero-order chi connectivity index (χ0) is 28.7. The lowest BCUT2D eigenvalue weighted by Gasteiger charge is -2.56. The molecule has 10 nitrogen and oxygen atoms in total. The minimum atomic E-state index is -2.23. The van der Waals surface area contributed by atoms with E-state index in [1.165, 1.54) is 50.6 Å². The Morgan fingerprint density at radius 1 is 0.750 bits per heavy atom. The number of allylic oxidation sites excluding steroid dienone is 2. The first-order chi connectivity index (χ1) is 19.1. The van der Waals surface area contributed by atoms with Gasteiger partial charge in [-0.15, -0.1) is 0 Å². The number of esters is 2. The number of hydrogen-bond acceptors (Lipinski definition) is 10. The lowest BCUT2D eigenvalue weighted by Crippen LogP contribution is -2.70. The first kappa shape index (κ1) is 27.3. The van der Waals surface area contributed by atoms with Crippen LogP contribution in [-0.4, -0.2) is 72.4 Å². The average molecular weight is 549 g/mol. The molecule has 0 aromatic heterocycles. The highest BCUT2D eigenvalue weighted by Gasteiger charge is 2.66. The lowest BCUT2D eigenvalue weighted by molar-refractivity contribution is -0.191. The van der Waals surface area contributed by atoms with E-state index in [1.807, 2.05) is 0 Å². The summed E-state index contributed by atoms with van der Waals surface area (Å²) in [7, 11) is 2.97. The summed E-state index contributed by atoms with van der Waals surface area (Å²) in [5.41, 5.74) is -4.07. The van der Waals surface area contributed by atoms with Gasteiger partial charge in [-0.2, -0.15) is 0 Å². The van der Waals surface area contributed by atoms with Crippen LogP contribution in [0.15, 0.2) is 72.8 Å². The molecular weight excluding hydrogens is 520 g/mol. The lowest BCUT2D eigenvalue weighted by atomic mass is 9.49. The van der Waals surface area contributed by atoms with Crippen molar-refractivity contribution < 1.29 is 48.3 Å². The van der Waals surface area contributed by atoms with Crippen LogP contribution in [0.25, 0.3) is 0 Å². The Balaban J connectivity index is 1.37. The van der Waals surface area contributed by atoms with Gasteiger partial charge in [-0.25, -0.2) is 9.59 Å². The summed E-state index contributed by atoms with van der Waals surface area (Å²) >= 11 is 0. The van der Waals surface area contributed by atoms with Crippen molar-refractivity contribution in [1.82, 2.24) is 0 Å². The van der Waals surface area contributed by atoms with Crippen LogP contribution in [0.5, 0.6) is 11.5 Å². The van der Waals surface area contributed by atoms with E-state index in [0.717, 1.165) is 0 Å². The number of methoxy groups -OCH3 is 2. The van der Waals surface area contributed by atoms with Gasteiger partial charge in [0.15, 0.2) is 22.8 Å². The van der Waals surface area contributed by atoms with Gasteiger partial charge in [0.1, 0.15) is 24.7 Å². The number of ketones is 2. The summed E-state index contributed by atoms with van der Waals surface area (Å²) in [6.45, 7) is -1.39. The van der Waals surface area contributed by atoms with Crippen molar-refractivity contribution in [3.8, 4) is 11.5 Å². The maximum absolute atomic E-state index is 13.4. The minimum absolute atomic E-state index is 0.182. The smallest absolute Gasteiger partial charge is 0.338 e. The van der Waals surface area contributed by atoms with Gasteiger partial charge >= 0.3 is 11.9 Å². The predicted molar refractivity (Wildman–Crippen MR) is 139 cm³/mol. The molecule has 2 N–H and O–H groups in total. The average Bonchev–Trinajstić information content (AvgIpc) is 2.99. The van der Waals surface area contributed by atoms with Gasteiger partial charge in [0.25, 0.3) is 0 Å². The summed E-state index contributed by atoms with van der Waals surface area (Å²) in [5.74, 6) is -5.41. The predicted octanol–water partition coefficient (Wildman–Crippen LogP) is 1.94. The van der Waals surface area contributed by atoms with Crippen molar-refractivity contribution in [2.45, 2.75) is 11.2 Å². The second kappa shape index (κ2) is 10.4. The zero-order valence-electron chi connectivity index (χ0n) is 21.8. The highest BCUT2D eigenvalue weighted by atomic mass is 16.6. The third-order valence-corrected chi connectivity index (χ3v) is 7.97. The van der Waals surface area contributed by atoms with Gasteiger partial charge in [0.05, 0.1) is 25.3 Å². The number of carbonyl (C=O) groups is 4. The van der Waals surface area contributed by atoms with E-state index in [-0.39, 0.29) is 11.1 Å². The molecule has 0 unspecified atom stereocenters. The summed E-state index contributed by atoms with van der Waals surface area (Å²) in [5, 5.41) is 23.3. The second-order valence-corrected chi connectivity index (χ2v) is 10.1. The number of aliphatic hydroxyl groups is 2. The third kappa shape index (κ3) is 4.48. The highest BCUT2D eigenvalue weighted by Crippen LogP contribution is 2.54. The Morgan fingerprint density at radius 3 is 1.75 bits per heavy atom. The van der Waals surface area contributed by atoms with Gasteiger partial charge in [-0.05, 0) is 60.5 Å². The Morgan fingerprint density at radius 2 is 1.25 bits per heavy atom. The van der Waals surface area contributed by atoms with E-state index in [4.69, 9.17) is 18.9 Å². The molecule has 0 radical (unpaired) electrons. The van der Waals surface area contributed by atoms with E-state index in [0.29, 0.717) is 11.5 Å². The van der Waals surface area contributed by atoms with Crippen LogP contribution in [0, 0.1) is 23.7 Å². The topological polar surface area (TPSA) is 146 Å². The molecule has 2 aromatic rings. The Bertz CT molecular complexity index is 1390. The number of Topliss-reactive ketones (excluding diaryl/α,β-unsaturated/α-hetero) is 1. The minimum Gasteiger partial charge on any atom is -0.497 e. The normalized spacial score (nSPS) is 30.0. The Kier molecular flexibility index (Phi) is 7.07. The van der Waals surface area contributed by atoms with E-state index in [9.17, 15) is 29.4 Å². The molecule has 2 aromatic carbocycles. The van der Waals surface area contributed by atoms with Crippen LogP contribution < -0.4 is 9.47 Å². The molecule has 4 aliphatic rings. The molecule has 0 heterocycles. The van der Waals surface area contributed by atoms with Crippen molar-refractivity contribution in [2.75, 3.05) is 27.4 Å². The van der Waals surface area contributed by atoms with Crippen LogP contribution >= 0.6 is 0 Å². The quantitative estimate of drug-likeness (QED) is 0.371. The number of ether oxygens (including phenoxy) is 4. The van der Waals surface area contributed by atoms with Crippen molar-refractivity contribution >= 4 is 23.5 Å². The first-order valence-electron chi connectivity index (χ1n) is 12.6. The number of hydrogen-bond donors (Lipinski definition) is 2. The molecule has 1 fully saturated rings. The highest BCUT2D eigenvalue weighted by molar-refractivity contribution is 6.01. The van der Waals surface area contributed by atoms with E-state index < -0.39 is 71.6 Å². The molecule has 1 saturated carbocycles. The zero-order valence-corrected chi connectivity index (χ0v) is 21.8. The van der Waals surface area contributed by atoms with E-state index in [2.05, 4.69) is 0 Å². The van der Waals surface area contributed by atoms with Crippen molar-refractivity contribution in [3.63, 3.8) is 0 Å². The van der Waals surface area contributed by atoms with Crippen LogP contribution in [0.4, 0.5) is 0 Å². The fraction of sp³-hybridized carbons (Fsp3) is 0.333. The summed E-state index contributed by atoms with van der Waals surface area (Å²) in [6, 6.07) is 12.2. The molecule has 0 spiro atoms. The van der Waals surface area contributed by atoms with Crippen molar-refractivity contribution in [1.29, 1.82) is 0 Å². The van der Waals surface area contributed by atoms with Gasteiger partial charge in [-0.3, -0.25) is 9.59 Å². The molecule has 0 saturated heterocycles. The fourth-order valence-corrected chi connectivity index (χ4v) is 5.79. The largest absolute Gasteiger partial charge is 0.497 e. The van der Waals surface area contributed by atoms with E-state index in [1.54, 1.807) is 36.4 Å². The molecule has 40 heavy (non-hydrogen) atoms. The van der Waals surface area contributed by atoms with Crippen LogP contribution in [0.2, 0.25) is 0 Å². The fourth-order valence-electron chi connectivity index (χ4n) is 5.79. The van der Waals surface area contributed by atoms with Crippen LogP contribution in [0.1, 0.15) is 20.7 Å². The van der Waals surface area contributed by atoms with Gasteiger partial charge in [0.2, 0.25) is 0 Å². The maximum atomic E-state index is 13.4. The number of rotatable bonds is 8. The molecule has 0 amide bonds. The summed E-state index contributed by atoms with van der Waals surface area (Å²) in [4.78, 5) is 51.8. The maximum Gasteiger partial charge on any atom is 0.338 e. The second-order valence-electron chi connectivity index (χ2n) is 10.1. The standard InChI is InChI=1S/C30H28O10/c1-37-19-7-3-17(4-8-19)27(33)39-15-29(35)23-13-11-22(26(29)32)21-12-14-24(31)30(36,25(21)23)16-40-28(34)18-5-9-20(38-2)10-6-18/h3-14,21-23,25,35-36H,15-16H2,1-2H3/t21-,22+,23-,25-,29+,30-/m1/s1. The third-order valence-electron chi connectivity index (χ3n) is 7.97. The molecule has 0 aliphatic heterocycles. The first-order valence-corrected chi connectivity index (χ1v) is 12.6. The van der Waals surface area contributed by atoms with Gasteiger partial charge in [-0.1, -0.05) is 18.2 Å². The molecule has 6 rings (SSSR count). The molecule has 4 aliphatic carbocycles. The molecule has 10 heteroatoms. The summed E-state index contributed by atoms with van der Waals surface area (Å²) in [6.07, 6.45) is 5.89. The van der Waals surface area contributed by atoms with Gasteiger partial charge in [0, 0.05) is 17.8 Å². The molecule has 208 valence electrons. The van der Waals surface area contributed by atoms with Crippen LogP contribution in [0.3, 0.4) is 0 Å². The molecule has 6 atom stereocenters. The monoisotopic (exact) mass is 548 g/mol. The Hall–Kier alpha value is -4.28. The number of benzene rings is 2. The SMILES string of the molecule is COc1ccc(C(=O)OC[C@@]2(O)C(=O)C=C[C@H]3[C@@H]2[C@H]2C=C[C@@H]3C(=O)[C@]2(O)COC(=O)c2ccc(OC)cc2)cc1.